The molecule has 0 aliphatic heterocycles. The molecule has 0 aliphatic rings. The molecule has 2 atom stereocenters. The SMILES string of the molecule is O=P(O)(O)OP(=O)(O)OP(=O)(O)OP(=O)(O)O.[H-].[H-].[H-].[H-].[H-].[H-].[H-].[H-].[Mg+2].[Mg+2].[Mg+2].[Mg+2]. The second kappa shape index (κ2) is 12.9. The monoisotopic (exact) mass is 442 g/mol. The average molecular weight is 443 g/mol. The minimum absolute atomic E-state index is 0. The first-order chi connectivity index (χ1) is 7.12. The third-order valence-corrected chi connectivity index (χ3v) is 5.63. The van der Waals surface area contributed by atoms with Gasteiger partial charge in [0.05, 0.1) is 0 Å². The molecule has 0 aromatic carbocycles. The van der Waals surface area contributed by atoms with E-state index in [0.717, 1.165) is 0 Å². The van der Waals surface area contributed by atoms with E-state index in [-0.39, 0.29) is 104 Å². The second-order valence-electron chi connectivity index (χ2n) is 2.16. The molecule has 0 radical (unpaired) electrons. The van der Waals surface area contributed by atoms with Crippen molar-refractivity contribution in [2.24, 2.45) is 0 Å². The van der Waals surface area contributed by atoms with E-state index in [4.69, 9.17) is 29.4 Å². The van der Waals surface area contributed by atoms with Gasteiger partial charge < -0.3 is 40.8 Å². The van der Waals surface area contributed by atoms with Crippen LogP contribution < -0.4 is 0 Å². The topological polar surface area (TPSA) is 217 Å². The summed E-state index contributed by atoms with van der Waals surface area (Å²) in [6, 6.07) is 0. The molecule has 120 valence electrons. The molecule has 13 nitrogen and oxygen atoms in total. The summed E-state index contributed by atoms with van der Waals surface area (Å²) < 4.78 is 50.9. The van der Waals surface area contributed by atoms with Crippen molar-refractivity contribution in [2.45, 2.75) is 0 Å². The van der Waals surface area contributed by atoms with E-state index in [9.17, 15) is 18.3 Å². The number of rotatable bonds is 6. The first-order valence-corrected chi connectivity index (χ1v) is 9.08. The van der Waals surface area contributed by atoms with Gasteiger partial charge in [0.25, 0.3) is 0 Å². The smallest absolute Gasteiger partial charge is 1.00 e. The van der Waals surface area contributed by atoms with Crippen LogP contribution in [0.2, 0.25) is 0 Å². The Balaban J connectivity index is -0.0000000194. The zero-order valence-electron chi connectivity index (χ0n) is 18.2. The fraction of sp³-hybridized carbons (Fsp3) is 0. The molecule has 6 N–H and O–H groups in total. The Hall–Kier alpha value is 3.62. The van der Waals surface area contributed by atoms with Crippen LogP contribution in [0.3, 0.4) is 0 Å². The van der Waals surface area contributed by atoms with Gasteiger partial charge in [-0.1, -0.05) is 0 Å². The van der Waals surface area contributed by atoms with E-state index >= 15 is 0 Å². The van der Waals surface area contributed by atoms with E-state index in [1.54, 1.807) is 0 Å². The van der Waals surface area contributed by atoms with E-state index in [1.807, 2.05) is 0 Å². The van der Waals surface area contributed by atoms with Crippen LogP contribution in [0.5, 0.6) is 0 Å². The Kier molecular flexibility index (Phi) is 21.9. The summed E-state index contributed by atoms with van der Waals surface area (Å²) in [7, 11) is -22.6. The van der Waals surface area contributed by atoms with Gasteiger partial charge in [0.15, 0.2) is 0 Å². The van der Waals surface area contributed by atoms with Gasteiger partial charge in [-0.3, -0.25) is 0 Å². The molecular weight excluding hydrogens is 429 g/mol. The molecule has 0 fully saturated rings. The van der Waals surface area contributed by atoms with Crippen molar-refractivity contribution in [1.29, 1.82) is 0 Å². The third-order valence-electron chi connectivity index (χ3n) is 0.625. The molecule has 21 heteroatoms. The van der Waals surface area contributed by atoms with E-state index in [2.05, 4.69) is 12.9 Å². The van der Waals surface area contributed by atoms with Crippen LogP contribution in [-0.2, 0) is 31.2 Å². The van der Waals surface area contributed by atoms with Crippen LogP contribution in [0, 0.1) is 0 Å². The largest absolute Gasteiger partial charge is 2.00 e. The zero-order chi connectivity index (χ0) is 14.1. The van der Waals surface area contributed by atoms with Crippen molar-refractivity contribution in [2.75, 3.05) is 0 Å². The zero-order valence-corrected chi connectivity index (χ0v) is 19.4. The summed E-state index contributed by atoms with van der Waals surface area (Å²) in [5.41, 5.74) is 0. The van der Waals surface area contributed by atoms with Crippen LogP contribution in [0.15, 0.2) is 0 Å². The van der Waals surface area contributed by atoms with Gasteiger partial charge in [-0.2, -0.15) is 12.9 Å². The molecule has 0 amide bonds. The van der Waals surface area contributed by atoms with Crippen LogP contribution >= 0.6 is 31.3 Å². The molecule has 0 bridgehead atoms. The molecule has 0 aromatic heterocycles. The van der Waals surface area contributed by atoms with Gasteiger partial charge >= 0.3 is 124 Å². The summed E-state index contributed by atoms with van der Waals surface area (Å²) in [5, 5.41) is 0. The van der Waals surface area contributed by atoms with Crippen molar-refractivity contribution in [3.63, 3.8) is 0 Å². The molecule has 0 aromatic rings. The van der Waals surface area contributed by atoms with Crippen LogP contribution in [0.1, 0.15) is 11.4 Å². The molecule has 0 aliphatic carbocycles. The normalized spacial score (nSPS) is 16.7. The molecule has 0 saturated carbocycles. The standard InChI is InChI=1S/4Mg.H6O13P4.8H/c;;;;1-14(2,3)11-16(7,8)13-17(9,10)12-15(4,5)6;;;;;;;;/h;;;;(H,7,8)(H,9,10)(H2,1,2,3)(H2,4,5,6);;;;;;;;/q4*+2;;8*-1. The minimum Gasteiger partial charge on any atom is -1.00 e. The third kappa shape index (κ3) is 23.6. The minimum atomic E-state index is -5.77. The van der Waals surface area contributed by atoms with E-state index in [1.165, 1.54) is 0 Å². The summed E-state index contributed by atoms with van der Waals surface area (Å²) in [5.74, 6) is 0. The summed E-state index contributed by atoms with van der Waals surface area (Å²) in [6.45, 7) is 0. The van der Waals surface area contributed by atoms with Crippen LogP contribution in [0.4, 0.5) is 0 Å². The van der Waals surface area contributed by atoms with Gasteiger partial charge in [-0.25, -0.2) is 18.3 Å². The number of phosphoric acid groups is 4. The van der Waals surface area contributed by atoms with Crippen LogP contribution in [0.25, 0.3) is 0 Å². The van der Waals surface area contributed by atoms with Crippen molar-refractivity contribution in [3.05, 3.63) is 0 Å². The van der Waals surface area contributed by atoms with Gasteiger partial charge in [0, 0.05) is 0 Å². The second-order valence-corrected chi connectivity index (χ2v) is 7.96. The quantitative estimate of drug-likeness (QED) is 0.210. The fourth-order valence-corrected chi connectivity index (χ4v) is 4.40. The molecule has 0 saturated heterocycles. The van der Waals surface area contributed by atoms with Gasteiger partial charge in [-0.05, 0) is 0 Å². The molecule has 0 spiro atoms. The molecule has 2 unspecified atom stereocenters. The maximum atomic E-state index is 10.7. The van der Waals surface area contributed by atoms with Gasteiger partial charge in [0.1, 0.15) is 0 Å². The molecular formula is H14Mg4O13P4. The van der Waals surface area contributed by atoms with Crippen molar-refractivity contribution in [3.8, 4) is 0 Å². The summed E-state index contributed by atoms with van der Waals surface area (Å²) in [4.78, 5) is 49.4. The Morgan fingerprint density at radius 3 is 0.857 bits per heavy atom. The Morgan fingerprint density at radius 2 is 0.714 bits per heavy atom. The predicted molar refractivity (Wildman–Crippen MR) is 78.9 cm³/mol. The molecule has 0 heterocycles. The van der Waals surface area contributed by atoms with E-state index < -0.39 is 31.3 Å². The summed E-state index contributed by atoms with van der Waals surface area (Å²) >= 11 is 0. The fourth-order valence-electron chi connectivity index (χ4n) is 0.429. The van der Waals surface area contributed by atoms with Crippen molar-refractivity contribution >= 4 is 124 Å². The first kappa shape index (κ1) is 35.7. The summed E-state index contributed by atoms with van der Waals surface area (Å²) in [6.07, 6.45) is 0. The molecule has 21 heavy (non-hydrogen) atoms. The Bertz CT molecular complexity index is 441. The van der Waals surface area contributed by atoms with E-state index in [0.29, 0.717) is 0 Å². The Morgan fingerprint density at radius 1 is 0.524 bits per heavy atom. The molecule has 0 rings (SSSR count). The number of hydrogen-bond acceptors (Lipinski definition) is 7. The van der Waals surface area contributed by atoms with Crippen LogP contribution in [-0.4, -0.2) is 122 Å². The van der Waals surface area contributed by atoms with Gasteiger partial charge in [0.2, 0.25) is 0 Å². The predicted octanol–water partition coefficient (Wildman–Crippen LogP) is -1.20. The average Bonchev–Trinajstić information content (AvgIpc) is 1.65. The van der Waals surface area contributed by atoms with Crippen molar-refractivity contribution < 1.29 is 72.0 Å². The maximum Gasteiger partial charge on any atom is 2.00 e. The maximum absolute atomic E-state index is 10.7. The first-order valence-electron chi connectivity index (χ1n) is 3.03. The number of hydrogen-bond donors (Lipinski definition) is 6. The Labute approximate surface area is 194 Å². The van der Waals surface area contributed by atoms with Gasteiger partial charge in [-0.15, -0.1) is 0 Å². The van der Waals surface area contributed by atoms with Crippen molar-refractivity contribution in [1.82, 2.24) is 0 Å².